The smallest absolute Gasteiger partial charge is 0.303 e. The van der Waals surface area contributed by atoms with Crippen LogP contribution in [0.1, 0.15) is 12.8 Å². The largest absolute Gasteiger partial charge is 0.335 e. The molecular formula is C3H9N2O2P. The Morgan fingerprint density at radius 3 is 2.12 bits per heavy atom. The third-order valence-electron chi connectivity index (χ3n) is 0.838. The molecule has 4 N–H and O–H groups in total. The average Bonchev–Trinajstić information content (AvgIpc) is 2.12. The summed E-state index contributed by atoms with van der Waals surface area (Å²) in [6, 6.07) is 0. The molecule has 8 heavy (non-hydrogen) atoms. The lowest BCUT2D eigenvalue weighted by molar-refractivity contribution is 0.301. The highest BCUT2D eigenvalue weighted by Gasteiger charge is 2.27. The minimum absolute atomic E-state index is 0.0795. The monoisotopic (exact) mass is 136 g/mol. The van der Waals surface area contributed by atoms with Gasteiger partial charge in [-0.1, -0.05) is 0 Å². The molecule has 1 aliphatic rings. The Morgan fingerprint density at radius 1 is 1.50 bits per heavy atom. The van der Waals surface area contributed by atoms with E-state index in [9.17, 15) is 4.57 Å². The van der Waals surface area contributed by atoms with Gasteiger partial charge in [0.15, 0.2) is 0 Å². The van der Waals surface area contributed by atoms with Crippen LogP contribution >= 0.6 is 7.67 Å². The summed E-state index contributed by atoms with van der Waals surface area (Å²) in [5.74, 6) is 0. The second kappa shape index (κ2) is 1.81. The first-order chi connectivity index (χ1) is 3.58. The molecule has 0 atom stereocenters. The normalized spacial score (nSPS) is 21.2. The van der Waals surface area contributed by atoms with Gasteiger partial charge in [-0.2, -0.15) is 0 Å². The summed E-state index contributed by atoms with van der Waals surface area (Å²) >= 11 is 0. The maximum absolute atomic E-state index is 10.4. The zero-order valence-corrected chi connectivity index (χ0v) is 5.30. The first-order valence-electron chi connectivity index (χ1n) is 2.43. The first-order valence-corrected chi connectivity index (χ1v) is 4.20. The molecule has 0 aliphatic heterocycles. The summed E-state index contributed by atoms with van der Waals surface area (Å²) in [7, 11) is -3.16. The van der Waals surface area contributed by atoms with Gasteiger partial charge in [-0.05, 0) is 12.8 Å². The van der Waals surface area contributed by atoms with Crippen molar-refractivity contribution in [2.75, 3.05) is 0 Å². The van der Waals surface area contributed by atoms with E-state index in [2.05, 4.69) is 4.52 Å². The van der Waals surface area contributed by atoms with Gasteiger partial charge in [-0.25, -0.2) is 11.0 Å². The Labute approximate surface area is 47.7 Å². The van der Waals surface area contributed by atoms with Crippen LogP contribution in [-0.4, -0.2) is 6.10 Å². The van der Waals surface area contributed by atoms with Crippen LogP contribution in [0.4, 0.5) is 0 Å². The predicted molar refractivity (Wildman–Crippen MR) is 30.1 cm³/mol. The molecule has 0 spiro atoms. The SMILES string of the molecule is NP(N)(=O)OC1CC1. The molecule has 0 aromatic heterocycles. The molecule has 0 heterocycles. The van der Waals surface area contributed by atoms with Crippen LogP contribution in [0.3, 0.4) is 0 Å². The van der Waals surface area contributed by atoms with Crippen molar-refractivity contribution in [2.45, 2.75) is 18.9 Å². The van der Waals surface area contributed by atoms with Crippen LogP contribution in [-0.2, 0) is 9.09 Å². The Bertz CT molecular complexity index is 127. The quantitative estimate of drug-likeness (QED) is 0.531. The minimum Gasteiger partial charge on any atom is -0.303 e. The molecule has 0 saturated heterocycles. The van der Waals surface area contributed by atoms with E-state index in [1.165, 1.54) is 0 Å². The van der Waals surface area contributed by atoms with E-state index >= 15 is 0 Å². The summed E-state index contributed by atoms with van der Waals surface area (Å²) < 4.78 is 15.1. The van der Waals surface area contributed by atoms with Crippen LogP contribution in [0, 0.1) is 0 Å². The van der Waals surface area contributed by atoms with Gasteiger partial charge in [0, 0.05) is 0 Å². The van der Waals surface area contributed by atoms with Crippen LogP contribution < -0.4 is 11.0 Å². The van der Waals surface area contributed by atoms with Crippen molar-refractivity contribution in [3.8, 4) is 0 Å². The standard InChI is InChI=1S/C3H9N2O2P/c4-8(5,6)7-3-1-2-3/h3H,1-2H2,(H4,4,5,6). The average molecular weight is 136 g/mol. The minimum atomic E-state index is -3.16. The summed E-state index contributed by atoms with van der Waals surface area (Å²) in [5.41, 5.74) is 9.78. The molecule has 1 aliphatic carbocycles. The topological polar surface area (TPSA) is 78.3 Å². The number of nitrogens with two attached hydrogens (primary N) is 2. The molecule has 0 bridgehead atoms. The number of hydrogen-bond acceptors (Lipinski definition) is 2. The van der Waals surface area contributed by atoms with Gasteiger partial charge in [0.2, 0.25) is 0 Å². The van der Waals surface area contributed by atoms with Gasteiger partial charge in [-0.15, -0.1) is 0 Å². The van der Waals surface area contributed by atoms with Gasteiger partial charge in [0.25, 0.3) is 0 Å². The highest BCUT2D eigenvalue weighted by molar-refractivity contribution is 7.53. The van der Waals surface area contributed by atoms with Gasteiger partial charge >= 0.3 is 7.67 Å². The van der Waals surface area contributed by atoms with E-state index < -0.39 is 7.67 Å². The van der Waals surface area contributed by atoms with Crippen molar-refractivity contribution in [1.82, 2.24) is 0 Å². The molecule has 1 saturated carbocycles. The third-order valence-corrected chi connectivity index (χ3v) is 1.47. The molecule has 4 nitrogen and oxygen atoms in total. The molecule has 0 amide bonds. The Balaban J connectivity index is 2.26. The fourth-order valence-corrected chi connectivity index (χ4v) is 1.08. The molecular weight excluding hydrogens is 127 g/mol. The van der Waals surface area contributed by atoms with Crippen molar-refractivity contribution in [3.05, 3.63) is 0 Å². The zero-order chi connectivity index (χ0) is 6.20. The van der Waals surface area contributed by atoms with Crippen molar-refractivity contribution < 1.29 is 9.09 Å². The fraction of sp³-hybridized carbons (Fsp3) is 1.00. The molecule has 5 heteroatoms. The molecule has 0 radical (unpaired) electrons. The Morgan fingerprint density at radius 2 is 2.00 bits per heavy atom. The number of rotatable bonds is 2. The van der Waals surface area contributed by atoms with Crippen LogP contribution in [0.25, 0.3) is 0 Å². The maximum atomic E-state index is 10.4. The van der Waals surface area contributed by atoms with Gasteiger partial charge in [-0.3, -0.25) is 4.57 Å². The fourth-order valence-electron chi connectivity index (χ4n) is 0.406. The Kier molecular flexibility index (Phi) is 1.41. The zero-order valence-electron chi connectivity index (χ0n) is 4.41. The second-order valence-corrected chi connectivity index (χ2v) is 3.45. The Hall–Kier alpha value is 0.110. The molecule has 1 rings (SSSR count). The van der Waals surface area contributed by atoms with Gasteiger partial charge in [0.1, 0.15) is 0 Å². The second-order valence-electron chi connectivity index (χ2n) is 1.95. The lowest BCUT2D eigenvalue weighted by Crippen LogP contribution is -2.08. The highest BCUT2D eigenvalue weighted by atomic mass is 31.2. The van der Waals surface area contributed by atoms with Gasteiger partial charge in [0.05, 0.1) is 6.10 Å². The maximum Gasteiger partial charge on any atom is 0.335 e. The lowest BCUT2D eigenvalue weighted by Gasteiger charge is -2.03. The van der Waals surface area contributed by atoms with Crippen molar-refractivity contribution in [2.24, 2.45) is 11.0 Å². The van der Waals surface area contributed by atoms with Gasteiger partial charge < -0.3 is 4.52 Å². The van der Waals surface area contributed by atoms with Crippen molar-refractivity contribution in [1.29, 1.82) is 0 Å². The van der Waals surface area contributed by atoms with E-state index in [4.69, 9.17) is 11.0 Å². The molecule has 0 unspecified atom stereocenters. The summed E-state index contributed by atoms with van der Waals surface area (Å²) in [6.07, 6.45) is 1.97. The summed E-state index contributed by atoms with van der Waals surface area (Å²) in [6.45, 7) is 0. The summed E-state index contributed by atoms with van der Waals surface area (Å²) in [4.78, 5) is 0. The molecule has 1 fully saturated rings. The van der Waals surface area contributed by atoms with Crippen LogP contribution in [0.2, 0.25) is 0 Å². The first kappa shape index (κ1) is 6.23. The van der Waals surface area contributed by atoms with E-state index in [0.29, 0.717) is 0 Å². The highest BCUT2D eigenvalue weighted by Crippen LogP contribution is 2.38. The lowest BCUT2D eigenvalue weighted by atomic mass is 10.9. The van der Waals surface area contributed by atoms with Crippen LogP contribution in [0.15, 0.2) is 0 Å². The number of hydrogen-bond donors (Lipinski definition) is 2. The molecule has 0 aromatic carbocycles. The molecule has 48 valence electrons. The van der Waals surface area contributed by atoms with Crippen LogP contribution in [0.5, 0.6) is 0 Å². The summed E-state index contributed by atoms with van der Waals surface area (Å²) in [5, 5.41) is 0. The van der Waals surface area contributed by atoms with E-state index in [-0.39, 0.29) is 6.10 Å². The predicted octanol–water partition coefficient (Wildman–Crippen LogP) is 0.191. The van der Waals surface area contributed by atoms with Crippen molar-refractivity contribution in [3.63, 3.8) is 0 Å². The van der Waals surface area contributed by atoms with Crippen molar-refractivity contribution >= 4 is 7.67 Å². The molecule has 0 aromatic rings. The van der Waals surface area contributed by atoms with E-state index in [1.54, 1.807) is 0 Å². The van der Waals surface area contributed by atoms with E-state index in [0.717, 1.165) is 12.8 Å². The third kappa shape index (κ3) is 2.43. The van der Waals surface area contributed by atoms with E-state index in [1.807, 2.05) is 0 Å².